The summed E-state index contributed by atoms with van der Waals surface area (Å²) in [6.07, 6.45) is 0.889. The van der Waals surface area contributed by atoms with Crippen LogP contribution in [0.2, 0.25) is 0 Å². The number of nitrogen functional groups attached to an aromatic ring is 1. The molecule has 0 fully saturated rings. The number of rotatable bonds is 7. The van der Waals surface area contributed by atoms with Crippen LogP contribution in [0.3, 0.4) is 0 Å². The van der Waals surface area contributed by atoms with Crippen molar-refractivity contribution in [2.75, 3.05) is 44.5 Å². The topological polar surface area (TPSA) is 86.4 Å². The Morgan fingerprint density at radius 2 is 2.00 bits per heavy atom. The van der Waals surface area contributed by atoms with E-state index < -0.39 is 0 Å². The second kappa shape index (κ2) is 6.85. The zero-order valence-corrected chi connectivity index (χ0v) is 10.5. The summed E-state index contributed by atoms with van der Waals surface area (Å²) in [6, 6.07) is 0.263. The van der Waals surface area contributed by atoms with E-state index in [1.54, 1.807) is 7.11 Å². The highest BCUT2D eigenvalue weighted by molar-refractivity contribution is 5.34. The second-order valence-corrected chi connectivity index (χ2v) is 3.54. The van der Waals surface area contributed by atoms with Crippen molar-refractivity contribution in [1.29, 1.82) is 0 Å². The van der Waals surface area contributed by atoms with E-state index in [9.17, 15) is 0 Å². The fourth-order valence-electron chi connectivity index (χ4n) is 1.12. The van der Waals surface area contributed by atoms with Gasteiger partial charge in [-0.15, -0.1) is 0 Å². The maximum atomic E-state index is 5.60. The van der Waals surface area contributed by atoms with Gasteiger partial charge in [0.05, 0.1) is 13.2 Å². The Hall–Kier alpha value is -1.63. The molecule has 1 rings (SSSR count). The summed E-state index contributed by atoms with van der Waals surface area (Å²) in [5.41, 5.74) is 5.60. The van der Waals surface area contributed by atoms with Crippen molar-refractivity contribution in [3.63, 3.8) is 0 Å². The Morgan fingerprint density at radius 1 is 1.24 bits per heavy atom. The first-order valence-electron chi connectivity index (χ1n) is 5.51. The number of nitrogens with two attached hydrogens (primary N) is 1. The molecular formula is C10H19N5O2. The molecule has 1 aromatic heterocycles. The van der Waals surface area contributed by atoms with Gasteiger partial charge in [0.2, 0.25) is 11.9 Å². The van der Waals surface area contributed by atoms with Crippen molar-refractivity contribution in [2.45, 2.75) is 13.3 Å². The Morgan fingerprint density at radius 3 is 2.65 bits per heavy atom. The maximum Gasteiger partial charge on any atom is 0.323 e. The van der Waals surface area contributed by atoms with Crippen LogP contribution in [0.25, 0.3) is 0 Å². The normalized spacial score (nSPS) is 10.3. The number of ether oxygens (including phenoxy) is 2. The summed E-state index contributed by atoms with van der Waals surface area (Å²) in [5.74, 6) is 0.644. The van der Waals surface area contributed by atoms with Gasteiger partial charge in [-0.25, -0.2) is 0 Å². The minimum Gasteiger partial charge on any atom is -0.463 e. The molecule has 0 bridgehead atoms. The highest BCUT2D eigenvalue weighted by atomic mass is 16.5. The Kier molecular flexibility index (Phi) is 5.41. The number of nitrogens with zero attached hydrogens (tertiary/aromatic N) is 4. The van der Waals surface area contributed by atoms with Gasteiger partial charge in [-0.1, -0.05) is 6.92 Å². The molecule has 0 aromatic carbocycles. The standard InChI is InChI=1S/C10H19N5O2/c1-4-6-17-10-13-8(11)12-9(14-10)15(2)5-7-16-3/h4-7H2,1-3H3,(H2,11,12,13,14). The van der Waals surface area contributed by atoms with E-state index in [2.05, 4.69) is 15.0 Å². The molecule has 17 heavy (non-hydrogen) atoms. The lowest BCUT2D eigenvalue weighted by Crippen LogP contribution is -2.25. The molecular weight excluding hydrogens is 222 g/mol. The molecule has 0 unspecified atom stereocenters. The fourth-order valence-corrected chi connectivity index (χ4v) is 1.12. The molecule has 1 heterocycles. The molecule has 0 aliphatic carbocycles. The SMILES string of the molecule is CCCOc1nc(N)nc(N(C)CCOC)n1. The molecule has 7 heteroatoms. The molecule has 0 radical (unpaired) electrons. The fraction of sp³-hybridized carbons (Fsp3) is 0.700. The predicted molar refractivity (Wildman–Crippen MR) is 65.2 cm³/mol. The quantitative estimate of drug-likeness (QED) is 0.735. The Balaban J connectivity index is 2.73. The van der Waals surface area contributed by atoms with Crippen molar-refractivity contribution in [3.05, 3.63) is 0 Å². The molecule has 0 atom stereocenters. The number of aromatic nitrogens is 3. The van der Waals surface area contributed by atoms with Gasteiger partial charge in [-0.05, 0) is 6.42 Å². The van der Waals surface area contributed by atoms with Crippen LogP contribution in [0.15, 0.2) is 0 Å². The Labute approximate surface area is 101 Å². The lowest BCUT2D eigenvalue weighted by atomic mass is 10.5. The monoisotopic (exact) mass is 241 g/mol. The average Bonchev–Trinajstić information content (AvgIpc) is 2.32. The predicted octanol–water partition coefficient (Wildman–Crippen LogP) is 0.325. The number of likely N-dealkylation sites (N-methyl/N-ethyl adjacent to an activating group) is 1. The molecule has 2 N–H and O–H groups in total. The zero-order valence-electron chi connectivity index (χ0n) is 10.5. The first kappa shape index (κ1) is 13.4. The van der Waals surface area contributed by atoms with E-state index >= 15 is 0 Å². The van der Waals surface area contributed by atoms with E-state index in [0.717, 1.165) is 6.42 Å². The molecule has 0 amide bonds. The summed E-state index contributed by atoms with van der Waals surface area (Å²) < 4.78 is 10.3. The second-order valence-electron chi connectivity index (χ2n) is 3.54. The van der Waals surface area contributed by atoms with Crippen LogP contribution in [-0.4, -0.2) is 48.9 Å². The number of methoxy groups -OCH3 is 1. The largest absolute Gasteiger partial charge is 0.463 e. The van der Waals surface area contributed by atoms with Gasteiger partial charge < -0.3 is 20.1 Å². The van der Waals surface area contributed by atoms with Gasteiger partial charge in [0, 0.05) is 20.7 Å². The average molecular weight is 241 g/mol. The van der Waals surface area contributed by atoms with E-state index in [1.165, 1.54) is 0 Å². The first-order valence-corrected chi connectivity index (χ1v) is 5.51. The van der Waals surface area contributed by atoms with Crippen molar-refractivity contribution in [2.24, 2.45) is 0 Å². The minimum atomic E-state index is 0.158. The van der Waals surface area contributed by atoms with Gasteiger partial charge in [0.25, 0.3) is 0 Å². The third-order valence-electron chi connectivity index (χ3n) is 2.03. The van der Waals surface area contributed by atoms with Gasteiger partial charge in [0.1, 0.15) is 0 Å². The van der Waals surface area contributed by atoms with Gasteiger partial charge in [0.15, 0.2) is 0 Å². The van der Waals surface area contributed by atoms with Crippen molar-refractivity contribution in [1.82, 2.24) is 15.0 Å². The van der Waals surface area contributed by atoms with E-state index in [4.69, 9.17) is 15.2 Å². The molecule has 0 aliphatic rings. The zero-order chi connectivity index (χ0) is 12.7. The van der Waals surface area contributed by atoms with Gasteiger partial charge in [-0.2, -0.15) is 15.0 Å². The van der Waals surface area contributed by atoms with Crippen LogP contribution < -0.4 is 15.4 Å². The smallest absolute Gasteiger partial charge is 0.323 e. The highest BCUT2D eigenvalue weighted by Crippen LogP contribution is 2.12. The highest BCUT2D eigenvalue weighted by Gasteiger charge is 2.09. The summed E-state index contributed by atoms with van der Waals surface area (Å²) in [5, 5.41) is 0. The molecule has 0 saturated carbocycles. The molecule has 0 aliphatic heterocycles. The van der Waals surface area contributed by atoms with Crippen LogP contribution in [0, 0.1) is 0 Å². The van der Waals surface area contributed by atoms with E-state index in [-0.39, 0.29) is 12.0 Å². The van der Waals surface area contributed by atoms with Crippen molar-refractivity contribution < 1.29 is 9.47 Å². The van der Waals surface area contributed by atoms with Crippen molar-refractivity contribution >= 4 is 11.9 Å². The summed E-state index contributed by atoms with van der Waals surface area (Å²) in [6.45, 7) is 3.83. The molecule has 1 aromatic rings. The minimum absolute atomic E-state index is 0.158. The lowest BCUT2D eigenvalue weighted by molar-refractivity contribution is 0.206. The molecule has 7 nitrogen and oxygen atoms in total. The van der Waals surface area contributed by atoms with Crippen LogP contribution in [0.1, 0.15) is 13.3 Å². The van der Waals surface area contributed by atoms with Crippen molar-refractivity contribution in [3.8, 4) is 6.01 Å². The van der Waals surface area contributed by atoms with Gasteiger partial charge in [-0.3, -0.25) is 0 Å². The third kappa shape index (κ3) is 4.39. The first-order chi connectivity index (χ1) is 8.17. The van der Waals surface area contributed by atoms with Crippen LogP contribution in [-0.2, 0) is 4.74 Å². The van der Waals surface area contributed by atoms with Crippen LogP contribution in [0.5, 0.6) is 6.01 Å². The van der Waals surface area contributed by atoms with Gasteiger partial charge >= 0.3 is 6.01 Å². The summed E-state index contributed by atoms with van der Waals surface area (Å²) in [7, 11) is 3.50. The Bertz CT molecular complexity index is 347. The summed E-state index contributed by atoms with van der Waals surface area (Å²) >= 11 is 0. The molecule has 0 spiro atoms. The third-order valence-corrected chi connectivity index (χ3v) is 2.03. The number of hydrogen-bond donors (Lipinski definition) is 1. The number of hydrogen-bond acceptors (Lipinski definition) is 7. The summed E-state index contributed by atoms with van der Waals surface area (Å²) in [4.78, 5) is 14.0. The van der Waals surface area contributed by atoms with E-state index in [1.807, 2.05) is 18.9 Å². The lowest BCUT2D eigenvalue weighted by Gasteiger charge is -2.16. The van der Waals surface area contributed by atoms with Crippen LogP contribution >= 0.6 is 0 Å². The molecule has 0 saturated heterocycles. The molecule has 96 valence electrons. The number of anilines is 2. The van der Waals surface area contributed by atoms with E-state index in [0.29, 0.717) is 25.7 Å². The maximum absolute atomic E-state index is 5.60. The van der Waals surface area contributed by atoms with Crippen LogP contribution in [0.4, 0.5) is 11.9 Å².